The molecule has 0 aromatic heterocycles. The molecule has 13 heavy (non-hydrogen) atoms. The Morgan fingerprint density at radius 2 is 2.23 bits per heavy atom. The number of hydrogen-bond donors (Lipinski definition) is 0. The Balaban J connectivity index is 2.47. The number of nitrogens with zero attached hydrogens (tertiary/aromatic N) is 1. The second-order valence-corrected chi connectivity index (χ2v) is 4.85. The Kier molecular flexibility index (Phi) is 4.11. The van der Waals surface area contributed by atoms with Gasteiger partial charge in [0.05, 0.1) is 19.0 Å². The summed E-state index contributed by atoms with van der Waals surface area (Å²) in [5.74, 6) is -0.0104. The van der Waals surface area contributed by atoms with E-state index in [1.807, 2.05) is 0 Å². The molecule has 0 amide bonds. The molecular formula is C7H15NO4S. The predicted molar refractivity (Wildman–Crippen MR) is 47.6 cm³/mol. The lowest BCUT2D eigenvalue weighted by molar-refractivity contribution is -0.109. The summed E-state index contributed by atoms with van der Waals surface area (Å²) in [7, 11) is -1.78. The molecule has 1 aliphatic heterocycles. The van der Waals surface area contributed by atoms with Gasteiger partial charge in [0.15, 0.2) is 0 Å². The molecule has 1 fully saturated rings. The summed E-state index contributed by atoms with van der Waals surface area (Å²) >= 11 is 0. The van der Waals surface area contributed by atoms with Crippen LogP contribution in [0, 0.1) is 0 Å². The first-order chi connectivity index (χ1) is 6.17. The summed E-state index contributed by atoms with van der Waals surface area (Å²) in [6.45, 7) is 1.17. The Morgan fingerprint density at radius 1 is 1.46 bits per heavy atom. The van der Waals surface area contributed by atoms with Gasteiger partial charge in [0.1, 0.15) is 0 Å². The molecule has 0 aromatic rings. The second-order valence-electron chi connectivity index (χ2n) is 2.88. The predicted octanol–water partition coefficient (Wildman–Crippen LogP) is -0.0100. The van der Waals surface area contributed by atoms with Gasteiger partial charge in [-0.2, -0.15) is 0 Å². The minimum atomic E-state index is -3.26. The molecule has 1 rings (SSSR count). The van der Waals surface area contributed by atoms with Gasteiger partial charge in [-0.25, -0.2) is 8.42 Å². The highest BCUT2D eigenvalue weighted by Gasteiger charge is 2.24. The normalized spacial score (nSPS) is 20.4. The molecule has 0 spiro atoms. The fourth-order valence-corrected chi connectivity index (χ4v) is 2.31. The van der Waals surface area contributed by atoms with Crippen molar-refractivity contribution in [2.75, 3.05) is 32.6 Å². The molecule has 0 bridgehead atoms. The molecule has 0 aromatic carbocycles. The molecule has 0 unspecified atom stereocenters. The summed E-state index contributed by atoms with van der Waals surface area (Å²) in [5.41, 5.74) is 0. The number of hydrogen-bond acceptors (Lipinski definition) is 4. The highest BCUT2D eigenvalue weighted by molar-refractivity contribution is 7.88. The van der Waals surface area contributed by atoms with Crippen molar-refractivity contribution in [1.82, 2.24) is 4.47 Å². The van der Waals surface area contributed by atoms with Crippen molar-refractivity contribution >= 4 is 10.0 Å². The molecule has 0 atom stereocenters. The maximum atomic E-state index is 11.5. The van der Waals surface area contributed by atoms with E-state index >= 15 is 0 Å². The first-order valence-electron chi connectivity index (χ1n) is 4.29. The van der Waals surface area contributed by atoms with Crippen LogP contribution in [-0.2, 0) is 19.6 Å². The van der Waals surface area contributed by atoms with E-state index in [0.29, 0.717) is 13.2 Å². The van der Waals surface area contributed by atoms with Crippen molar-refractivity contribution in [3.05, 3.63) is 0 Å². The van der Waals surface area contributed by atoms with Crippen molar-refractivity contribution in [1.29, 1.82) is 0 Å². The van der Waals surface area contributed by atoms with Gasteiger partial charge >= 0.3 is 0 Å². The van der Waals surface area contributed by atoms with Crippen LogP contribution in [-0.4, -0.2) is 45.5 Å². The summed E-state index contributed by atoms with van der Waals surface area (Å²) in [6.07, 6.45) is 1.79. The van der Waals surface area contributed by atoms with Gasteiger partial charge in [0.25, 0.3) is 0 Å². The van der Waals surface area contributed by atoms with Crippen molar-refractivity contribution in [2.24, 2.45) is 0 Å². The van der Waals surface area contributed by atoms with E-state index < -0.39 is 10.0 Å². The number of sulfonamides is 1. The van der Waals surface area contributed by atoms with Crippen LogP contribution in [0.1, 0.15) is 12.8 Å². The third-order valence-electron chi connectivity index (χ3n) is 1.83. The van der Waals surface area contributed by atoms with Crippen LogP contribution in [0.25, 0.3) is 0 Å². The molecular weight excluding hydrogens is 194 g/mol. The van der Waals surface area contributed by atoms with Gasteiger partial charge in [0, 0.05) is 13.7 Å². The summed E-state index contributed by atoms with van der Waals surface area (Å²) in [5, 5.41) is 0. The van der Waals surface area contributed by atoms with Gasteiger partial charge in [-0.15, -0.1) is 0 Å². The van der Waals surface area contributed by atoms with Crippen LogP contribution in [0.3, 0.4) is 0 Å². The maximum Gasteiger partial charge on any atom is 0.238 e. The van der Waals surface area contributed by atoms with E-state index in [1.165, 1.54) is 7.11 Å². The molecule has 1 heterocycles. The number of ether oxygens (including phenoxy) is 1. The van der Waals surface area contributed by atoms with Crippen LogP contribution in [0.5, 0.6) is 0 Å². The second kappa shape index (κ2) is 4.90. The van der Waals surface area contributed by atoms with Crippen LogP contribution < -0.4 is 0 Å². The fraction of sp³-hybridized carbons (Fsp3) is 1.00. The standard InChI is InChI=1S/C7H15NO4S/c1-11-6-7-13(9,10)8-4-2-3-5-12-8/h2-7H2,1H3. The van der Waals surface area contributed by atoms with Crippen LogP contribution in [0.15, 0.2) is 0 Å². The zero-order chi connectivity index (χ0) is 9.73. The minimum absolute atomic E-state index is 0.0104. The zero-order valence-corrected chi connectivity index (χ0v) is 8.55. The summed E-state index contributed by atoms with van der Waals surface area (Å²) in [6, 6.07) is 0. The summed E-state index contributed by atoms with van der Waals surface area (Å²) in [4.78, 5) is 5.03. The highest BCUT2D eigenvalue weighted by atomic mass is 32.2. The van der Waals surface area contributed by atoms with E-state index in [9.17, 15) is 8.42 Å². The third kappa shape index (κ3) is 3.22. The maximum absolute atomic E-state index is 11.5. The van der Waals surface area contributed by atoms with Crippen molar-refractivity contribution < 1.29 is 18.0 Å². The Bertz CT molecular complexity index is 233. The van der Waals surface area contributed by atoms with Crippen LogP contribution in [0.2, 0.25) is 0 Å². The number of rotatable bonds is 4. The fourth-order valence-electron chi connectivity index (χ4n) is 1.08. The van der Waals surface area contributed by atoms with E-state index in [-0.39, 0.29) is 12.4 Å². The lowest BCUT2D eigenvalue weighted by atomic mass is 10.3. The van der Waals surface area contributed by atoms with Crippen molar-refractivity contribution in [3.8, 4) is 0 Å². The smallest absolute Gasteiger partial charge is 0.238 e. The molecule has 0 aliphatic carbocycles. The van der Waals surface area contributed by atoms with Gasteiger partial charge < -0.3 is 4.74 Å². The number of hydroxylamine groups is 1. The average Bonchev–Trinajstić information content (AvgIpc) is 2.16. The molecule has 0 radical (unpaired) electrons. The SMILES string of the molecule is COCCS(=O)(=O)N1CCCCO1. The molecule has 78 valence electrons. The van der Waals surface area contributed by atoms with Gasteiger partial charge in [-0.1, -0.05) is 4.47 Å². The lowest BCUT2D eigenvalue weighted by Crippen LogP contribution is -2.38. The lowest BCUT2D eigenvalue weighted by Gasteiger charge is -2.24. The number of methoxy groups -OCH3 is 1. The first kappa shape index (κ1) is 10.9. The highest BCUT2D eigenvalue weighted by Crippen LogP contribution is 2.11. The molecule has 1 aliphatic rings. The average molecular weight is 209 g/mol. The largest absolute Gasteiger partial charge is 0.384 e. The molecule has 0 saturated carbocycles. The van der Waals surface area contributed by atoms with Gasteiger partial charge in [-0.3, -0.25) is 4.84 Å². The van der Waals surface area contributed by atoms with Gasteiger partial charge in [-0.05, 0) is 12.8 Å². The molecule has 0 N–H and O–H groups in total. The topological polar surface area (TPSA) is 55.8 Å². The van der Waals surface area contributed by atoms with Crippen molar-refractivity contribution in [3.63, 3.8) is 0 Å². The van der Waals surface area contributed by atoms with E-state index in [2.05, 4.69) is 0 Å². The summed E-state index contributed by atoms with van der Waals surface area (Å²) < 4.78 is 28.7. The van der Waals surface area contributed by atoms with E-state index in [0.717, 1.165) is 17.3 Å². The first-order valence-corrected chi connectivity index (χ1v) is 5.90. The van der Waals surface area contributed by atoms with Crippen LogP contribution in [0.4, 0.5) is 0 Å². The molecule has 5 nitrogen and oxygen atoms in total. The minimum Gasteiger partial charge on any atom is -0.384 e. The Morgan fingerprint density at radius 3 is 2.77 bits per heavy atom. The third-order valence-corrected chi connectivity index (χ3v) is 3.42. The van der Waals surface area contributed by atoms with E-state index in [1.54, 1.807) is 0 Å². The molecule has 1 saturated heterocycles. The van der Waals surface area contributed by atoms with Crippen LogP contribution >= 0.6 is 0 Å². The quantitative estimate of drug-likeness (QED) is 0.653. The zero-order valence-electron chi connectivity index (χ0n) is 7.73. The van der Waals surface area contributed by atoms with E-state index in [4.69, 9.17) is 9.57 Å². The van der Waals surface area contributed by atoms with Gasteiger partial charge in [0.2, 0.25) is 10.0 Å². The Hall–Kier alpha value is -0.170. The molecule has 6 heteroatoms. The Labute approximate surface area is 78.6 Å². The monoisotopic (exact) mass is 209 g/mol. The van der Waals surface area contributed by atoms with Crippen molar-refractivity contribution in [2.45, 2.75) is 12.8 Å².